The summed E-state index contributed by atoms with van der Waals surface area (Å²) in [4.78, 5) is 24.6. The maximum atomic E-state index is 11.5. The van der Waals surface area contributed by atoms with Crippen LogP contribution in [0.4, 0.5) is 4.79 Å². The number of hydrogen-bond donors (Lipinski definition) is 4. The average molecular weight is 258 g/mol. The van der Waals surface area contributed by atoms with Gasteiger partial charge < -0.3 is 21.1 Å². The average Bonchev–Trinajstić information content (AvgIpc) is 2.29. The van der Waals surface area contributed by atoms with Crippen molar-refractivity contribution >= 4 is 12.0 Å². The van der Waals surface area contributed by atoms with Gasteiger partial charge in [0.1, 0.15) is 5.54 Å². The zero-order chi connectivity index (χ0) is 13.6. The van der Waals surface area contributed by atoms with E-state index in [1.165, 1.54) is 13.8 Å². The Hall–Kier alpha value is -1.34. The summed E-state index contributed by atoms with van der Waals surface area (Å²) >= 11 is 0. The molecule has 1 heterocycles. The number of carbonyl (C=O) groups is 2. The summed E-state index contributed by atoms with van der Waals surface area (Å²) in [5, 5.41) is 17.2. The molecule has 2 amide bonds. The monoisotopic (exact) mass is 258 g/mol. The van der Waals surface area contributed by atoms with Crippen molar-refractivity contribution < 1.29 is 14.7 Å². The van der Waals surface area contributed by atoms with Crippen LogP contribution in [0, 0.1) is 0 Å². The number of amides is 2. The second kappa shape index (κ2) is 6.55. The van der Waals surface area contributed by atoms with E-state index in [-0.39, 0.29) is 0 Å². The zero-order valence-corrected chi connectivity index (χ0v) is 11.0. The second-order valence-electron chi connectivity index (χ2n) is 4.90. The first kappa shape index (κ1) is 14.7. The number of aliphatic carboxylic acids is 1. The lowest BCUT2D eigenvalue weighted by molar-refractivity contribution is -0.142. The number of rotatable bonds is 5. The van der Waals surface area contributed by atoms with Crippen LogP contribution in [0.5, 0.6) is 0 Å². The van der Waals surface area contributed by atoms with Gasteiger partial charge in [0.05, 0.1) is 0 Å². The highest BCUT2D eigenvalue weighted by atomic mass is 16.4. The van der Waals surface area contributed by atoms with Crippen molar-refractivity contribution in [3.8, 4) is 0 Å². The van der Waals surface area contributed by atoms with Gasteiger partial charge in [-0.15, -0.1) is 0 Å². The van der Waals surface area contributed by atoms with Gasteiger partial charge in [0.15, 0.2) is 0 Å². The lowest BCUT2D eigenvalue weighted by atomic mass is 10.1. The minimum Gasteiger partial charge on any atom is -0.480 e. The summed E-state index contributed by atoms with van der Waals surface area (Å²) in [6, 6.07) is -0.447. The summed E-state index contributed by atoms with van der Waals surface area (Å²) in [5.74, 6) is -1.06. The molecule has 0 aromatic rings. The standard InChI is InChI=1S/C11H22N4O3/c1-11(2,9(16)17)14-10(18)13-5-8-15-6-3-12-4-7-15/h12H,3-8H2,1-2H3,(H,16,17)(H2,13,14,18). The molecule has 0 spiro atoms. The third kappa shape index (κ3) is 4.89. The Morgan fingerprint density at radius 2 is 1.94 bits per heavy atom. The Labute approximate surface area is 107 Å². The fourth-order valence-electron chi connectivity index (χ4n) is 1.64. The molecular formula is C11H22N4O3. The molecule has 1 aliphatic rings. The third-order valence-corrected chi connectivity index (χ3v) is 2.88. The number of urea groups is 1. The Morgan fingerprint density at radius 3 is 2.50 bits per heavy atom. The van der Waals surface area contributed by atoms with Crippen molar-refractivity contribution in [2.75, 3.05) is 39.3 Å². The molecule has 0 aromatic carbocycles. The van der Waals surface area contributed by atoms with Crippen molar-refractivity contribution in [2.45, 2.75) is 19.4 Å². The second-order valence-corrected chi connectivity index (χ2v) is 4.90. The Kier molecular flexibility index (Phi) is 5.36. The quantitative estimate of drug-likeness (QED) is 0.510. The van der Waals surface area contributed by atoms with E-state index in [4.69, 9.17) is 5.11 Å². The molecule has 18 heavy (non-hydrogen) atoms. The van der Waals surface area contributed by atoms with E-state index in [1.807, 2.05) is 0 Å². The normalized spacial score (nSPS) is 17.2. The van der Waals surface area contributed by atoms with Gasteiger partial charge in [-0.2, -0.15) is 0 Å². The summed E-state index contributed by atoms with van der Waals surface area (Å²) < 4.78 is 0. The number of piperazine rings is 1. The van der Waals surface area contributed by atoms with E-state index < -0.39 is 17.5 Å². The smallest absolute Gasteiger partial charge is 0.328 e. The van der Waals surface area contributed by atoms with Crippen LogP contribution < -0.4 is 16.0 Å². The van der Waals surface area contributed by atoms with E-state index in [1.54, 1.807) is 0 Å². The largest absolute Gasteiger partial charge is 0.480 e. The van der Waals surface area contributed by atoms with E-state index >= 15 is 0 Å². The van der Waals surface area contributed by atoms with Crippen molar-refractivity contribution in [2.24, 2.45) is 0 Å². The van der Waals surface area contributed by atoms with E-state index in [0.717, 1.165) is 32.7 Å². The molecule has 0 unspecified atom stereocenters. The van der Waals surface area contributed by atoms with Crippen LogP contribution in [-0.4, -0.2) is 66.8 Å². The van der Waals surface area contributed by atoms with Crippen LogP contribution in [-0.2, 0) is 4.79 Å². The van der Waals surface area contributed by atoms with Crippen molar-refractivity contribution in [1.29, 1.82) is 0 Å². The minimum absolute atomic E-state index is 0.447. The molecule has 1 rings (SSSR count). The minimum atomic E-state index is -1.25. The third-order valence-electron chi connectivity index (χ3n) is 2.88. The number of carboxylic acids is 1. The lowest BCUT2D eigenvalue weighted by Gasteiger charge is -2.27. The maximum Gasteiger partial charge on any atom is 0.328 e. The molecule has 7 nitrogen and oxygen atoms in total. The molecule has 4 N–H and O–H groups in total. The van der Waals surface area contributed by atoms with Gasteiger partial charge in [-0.1, -0.05) is 0 Å². The highest BCUT2D eigenvalue weighted by molar-refractivity contribution is 5.85. The van der Waals surface area contributed by atoms with Gasteiger partial charge in [0.2, 0.25) is 0 Å². The Morgan fingerprint density at radius 1 is 1.33 bits per heavy atom. The van der Waals surface area contributed by atoms with Gasteiger partial charge in [-0.05, 0) is 13.8 Å². The number of nitrogens with zero attached hydrogens (tertiary/aromatic N) is 1. The Bertz CT molecular complexity index is 301. The molecule has 1 aliphatic heterocycles. The summed E-state index contributed by atoms with van der Waals surface area (Å²) in [6.45, 7) is 8.09. The van der Waals surface area contributed by atoms with Crippen LogP contribution in [0.1, 0.15) is 13.8 Å². The SMILES string of the molecule is CC(C)(NC(=O)NCCN1CCNCC1)C(=O)O. The maximum absolute atomic E-state index is 11.5. The summed E-state index contributed by atoms with van der Waals surface area (Å²) in [5.41, 5.74) is -1.25. The molecule has 1 fully saturated rings. The molecule has 7 heteroatoms. The van der Waals surface area contributed by atoms with Crippen molar-refractivity contribution in [3.63, 3.8) is 0 Å². The predicted octanol–water partition coefficient (Wildman–Crippen LogP) is -0.946. The first-order valence-electron chi connectivity index (χ1n) is 6.14. The molecule has 0 radical (unpaired) electrons. The number of carbonyl (C=O) groups excluding carboxylic acids is 1. The summed E-state index contributed by atoms with van der Waals surface area (Å²) in [7, 11) is 0. The van der Waals surface area contributed by atoms with Crippen LogP contribution in [0.25, 0.3) is 0 Å². The van der Waals surface area contributed by atoms with Crippen LogP contribution in [0.3, 0.4) is 0 Å². The molecule has 1 saturated heterocycles. The zero-order valence-electron chi connectivity index (χ0n) is 11.0. The number of hydrogen-bond acceptors (Lipinski definition) is 4. The van der Waals surface area contributed by atoms with Crippen LogP contribution in [0.2, 0.25) is 0 Å². The van der Waals surface area contributed by atoms with Gasteiger partial charge in [0.25, 0.3) is 0 Å². The highest BCUT2D eigenvalue weighted by Crippen LogP contribution is 2.00. The molecule has 0 atom stereocenters. The number of carboxylic acid groups (broad SMARTS) is 1. The van der Waals surface area contributed by atoms with Gasteiger partial charge in [0, 0.05) is 39.3 Å². The molecule has 0 aromatic heterocycles. The van der Waals surface area contributed by atoms with E-state index in [2.05, 4.69) is 20.9 Å². The van der Waals surface area contributed by atoms with Gasteiger partial charge in [-0.3, -0.25) is 4.90 Å². The molecule has 104 valence electrons. The topological polar surface area (TPSA) is 93.7 Å². The molecule has 0 saturated carbocycles. The predicted molar refractivity (Wildman–Crippen MR) is 67.6 cm³/mol. The van der Waals surface area contributed by atoms with Crippen molar-refractivity contribution in [3.05, 3.63) is 0 Å². The molecular weight excluding hydrogens is 236 g/mol. The highest BCUT2D eigenvalue weighted by Gasteiger charge is 2.28. The molecule has 0 bridgehead atoms. The molecule has 0 aliphatic carbocycles. The first-order chi connectivity index (χ1) is 8.42. The lowest BCUT2D eigenvalue weighted by Crippen LogP contribution is -2.54. The summed E-state index contributed by atoms with van der Waals surface area (Å²) in [6.07, 6.45) is 0. The number of nitrogens with one attached hydrogen (secondary N) is 3. The van der Waals surface area contributed by atoms with Crippen LogP contribution in [0.15, 0.2) is 0 Å². The fourth-order valence-corrected chi connectivity index (χ4v) is 1.64. The van der Waals surface area contributed by atoms with Gasteiger partial charge >= 0.3 is 12.0 Å². The van der Waals surface area contributed by atoms with Crippen LogP contribution >= 0.6 is 0 Å². The fraction of sp³-hybridized carbons (Fsp3) is 0.818. The first-order valence-corrected chi connectivity index (χ1v) is 6.14. The Balaban J connectivity index is 2.18. The van der Waals surface area contributed by atoms with Gasteiger partial charge in [-0.25, -0.2) is 9.59 Å². The van der Waals surface area contributed by atoms with E-state index in [9.17, 15) is 9.59 Å². The van der Waals surface area contributed by atoms with Crippen molar-refractivity contribution in [1.82, 2.24) is 20.9 Å². The van der Waals surface area contributed by atoms with E-state index in [0.29, 0.717) is 6.54 Å².